The van der Waals surface area contributed by atoms with Gasteiger partial charge in [0.15, 0.2) is 5.78 Å². The molecule has 0 saturated heterocycles. The van der Waals surface area contributed by atoms with Crippen molar-refractivity contribution in [3.05, 3.63) is 34.3 Å². The molecule has 0 heterocycles. The highest BCUT2D eigenvalue weighted by Gasteiger charge is 2.44. The number of hydrogen-bond donors (Lipinski definition) is 0. The molecule has 1 fully saturated rings. The molecule has 16 heavy (non-hydrogen) atoms. The van der Waals surface area contributed by atoms with Gasteiger partial charge in [0.25, 0.3) is 0 Å². The molecule has 1 aromatic carbocycles. The first-order valence-electron chi connectivity index (χ1n) is 6.05. The molecule has 2 heteroatoms. The van der Waals surface area contributed by atoms with E-state index in [1.165, 1.54) is 24.8 Å². The quantitative estimate of drug-likeness (QED) is 0.660. The van der Waals surface area contributed by atoms with Gasteiger partial charge in [0.2, 0.25) is 0 Å². The maximum atomic E-state index is 12.1. The van der Waals surface area contributed by atoms with Crippen molar-refractivity contribution in [3.8, 4) is 0 Å². The van der Waals surface area contributed by atoms with Crippen molar-refractivity contribution in [2.75, 3.05) is 0 Å². The zero-order valence-corrected chi connectivity index (χ0v) is 10.0. The summed E-state index contributed by atoms with van der Waals surface area (Å²) in [6.07, 6.45) is 6.81. The highest BCUT2D eigenvalue weighted by Crippen LogP contribution is 2.49. The Hall–Kier alpha value is -0.820. The normalized spacial score (nSPS) is 22.4. The molecule has 84 valence electrons. The Kier molecular flexibility index (Phi) is 2.32. The smallest absolute Gasteiger partial charge is 0.165 e. The lowest BCUT2D eigenvalue weighted by atomic mass is 9.70. The van der Waals surface area contributed by atoms with Crippen LogP contribution in [-0.4, -0.2) is 5.78 Å². The Morgan fingerprint density at radius 1 is 1.12 bits per heavy atom. The second-order valence-corrected chi connectivity index (χ2v) is 5.51. The third-order valence-electron chi connectivity index (χ3n) is 4.17. The predicted octanol–water partition coefficient (Wildman–Crippen LogP) is 4.13. The average molecular weight is 235 g/mol. The number of halogens is 1. The summed E-state index contributed by atoms with van der Waals surface area (Å²) in [6.45, 7) is 0. The highest BCUT2D eigenvalue weighted by atomic mass is 35.5. The minimum absolute atomic E-state index is 0.134. The Balaban J connectivity index is 2.14. The molecule has 1 saturated carbocycles. The van der Waals surface area contributed by atoms with Crippen LogP contribution in [0.15, 0.2) is 18.2 Å². The molecule has 0 aliphatic heterocycles. The van der Waals surface area contributed by atoms with Crippen LogP contribution in [0.3, 0.4) is 0 Å². The summed E-state index contributed by atoms with van der Waals surface area (Å²) in [4.78, 5) is 12.1. The number of Topliss-reactive ketones (excluding diaryl/α,β-unsaturated/α-hetero) is 1. The van der Waals surface area contributed by atoms with Gasteiger partial charge in [-0.25, -0.2) is 0 Å². The summed E-state index contributed by atoms with van der Waals surface area (Å²) in [7, 11) is 0. The van der Waals surface area contributed by atoms with Gasteiger partial charge in [0.05, 0.1) is 5.02 Å². The van der Waals surface area contributed by atoms with Crippen molar-refractivity contribution < 1.29 is 4.79 Å². The van der Waals surface area contributed by atoms with Gasteiger partial charge in [-0.05, 0) is 24.5 Å². The van der Waals surface area contributed by atoms with Crippen LogP contribution >= 0.6 is 11.6 Å². The number of hydrogen-bond acceptors (Lipinski definition) is 1. The van der Waals surface area contributed by atoms with Gasteiger partial charge in [0, 0.05) is 17.4 Å². The van der Waals surface area contributed by atoms with E-state index in [1.807, 2.05) is 12.1 Å². The monoisotopic (exact) mass is 234 g/mol. The van der Waals surface area contributed by atoms with Crippen LogP contribution < -0.4 is 0 Å². The largest absolute Gasteiger partial charge is 0.294 e. The maximum Gasteiger partial charge on any atom is 0.165 e. The van der Waals surface area contributed by atoms with E-state index >= 15 is 0 Å². The number of ketones is 1. The zero-order chi connectivity index (χ0) is 11.2. The standard InChI is InChI=1S/C14H15ClO/c15-11-6-4-5-10-13(11)12(16)9-14(10)7-2-1-3-8-14/h4-6H,1-3,7-9H2. The highest BCUT2D eigenvalue weighted by molar-refractivity contribution is 6.34. The van der Waals surface area contributed by atoms with E-state index in [-0.39, 0.29) is 11.2 Å². The van der Waals surface area contributed by atoms with Crippen LogP contribution in [0.2, 0.25) is 5.02 Å². The van der Waals surface area contributed by atoms with Crippen LogP contribution in [0.25, 0.3) is 0 Å². The molecule has 0 atom stereocenters. The summed E-state index contributed by atoms with van der Waals surface area (Å²) >= 11 is 6.15. The lowest BCUT2D eigenvalue weighted by Crippen LogP contribution is -2.26. The van der Waals surface area contributed by atoms with Crippen molar-refractivity contribution in [3.63, 3.8) is 0 Å². The van der Waals surface area contributed by atoms with Gasteiger partial charge in [-0.3, -0.25) is 4.79 Å². The third-order valence-corrected chi connectivity index (χ3v) is 4.49. The van der Waals surface area contributed by atoms with Crippen molar-refractivity contribution in [2.24, 2.45) is 0 Å². The van der Waals surface area contributed by atoms with Crippen molar-refractivity contribution in [2.45, 2.75) is 43.9 Å². The molecule has 1 nitrogen and oxygen atoms in total. The number of fused-ring (bicyclic) bond motifs is 2. The Labute approximate surface area is 101 Å². The van der Waals surface area contributed by atoms with E-state index < -0.39 is 0 Å². The van der Waals surface area contributed by atoms with Gasteiger partial charge >= 0.3 is 0 Å². The fourth-order valence-electron chi connectivity index (χ4n) is 3.42. The summed E-state index contributed by atoms with van der Waals surface area (Å²) in [5.74, 6) is 0.252. The lowest BCUT2D eigenvalue weighted by Gasteiger charge is -2.33. The number of carbonyl (C=O) groups excluding carboxylic acids is 1. The van der Waals surface area contributed by atoms with Crippen LogP contribution in [0.1, 0.15) is 54.4 Å². The van der Waals surface area contributed by atoms with Crippen LogP contribution in [0.5, 0.6) is 0 Å². The Bertz CT molecular complexity index is 444. The number of benzene rings is 1. The SMILES string of the molecule is O=C1CC2(CCCCC2)c2cccc(Cl)c21. The minimum atomic E-state index is 0.134. The summed E-state index contributed by atoms with van der Waals surface area (Å²) < 4.78 is 0. The second-order valence-electron chi connectivity index (χ2n) is 5.10. The minimum Gasteiger partial charge on any atom is -0.294 e. The fourth-order valence-corrected chi connectivity index (χ4v) is 3.70. The molecular weight excluding hydrogens is 220 g/mol. The topological polar surface area (TPSA) is 17.1 Å². The first-order chi connectivity index (χ1) is 7.73. The van der Waals surface area contributed by atoms with Gasteiger partial charge in [-0.1, -0.05) is 43.0 Å². The molecule has 0 amide bonds. The summed E-state index contributed by atoms with van der Waals surface area (Å²) in [5.41, 5.74) is 2.17. The molecule has 3 rings (SSSR count). The molecule has 0 bridgehead atoms. The second kappa shape index (κ2) is 3.59. The number of carbonyl (C=O) groups is 1. The molecule has 1 spiro atoms. The molecule has 2 aliphatic carbocycles. The van der Waals surface area contributed by atoms with Gasteiger partial charge in [-0.2, -0.15) is 0 Å². The molecule has 1 aromatic rings. The van der Waals surface area contributed by atoms with Crippen LogP contribution in [0, 0.1) is 0 Å². The van der Waals surface area contributed by atoms with E-state index in [0.29, 0.717) is 11.4 Å². The first kappa shape index (κ1) is 10.3. The number of rotatable bonds is 0. The fraction of sp³-hybridized carbons (Fsp3) is 0.500. The molecule has 0 aromatic heterocycles. The molecule has 0 N–H and O–H groups in total. The predicted molar refractivity (Wildman–Crippen MR) is 65.2 cm³/mol. The van der Waals surface area contributed by atoms with Gasteiger partial charge < -0.3 is 0 Å². The van der Waals surface area contributed by atoms with E-state index in [0.717, 1.165) is 18.4 Å². The molecule has 2 aliphatic rings. The van der Waals surface area contributed by atoms with Crippen LogP contribution in [0.4, 0.5) is 0 Å². The van der Waals surface area contributed by atoms with Gasteiger partial charge in [-0.15, -0.1) is 0 Å². The molecule has 0 radical (unpaired) electrons. The molecule has 0 unspecified atom stereocenters. The van der Waals surface area contributed by atoms with Crippen molar-refractivity contribution >= 4 is 17.4 Å². The summed E-state index contributed by atoms with van der Waals surface area (Å²) in [5, 5.41) is 0.643. The van der Waals surface area contributed by atoms with Gasteiger partial charge in [0.1, 0.15) is 0 Å². The Morgan fingerprint density at radius 3 is 2.62 bits per heavy atom. The molecular formula is C14H15ClO. The van der Waals surface area contributed by atoms with E-state index in [1.54, 1.807) is 0 Å². The van der Waals surface area contributed by atoms with E-state index in [9.17, 15) is 4.79 Å². The van der Waals surface area contributed by atoms with E-state index in [2.05, 4.69) is 6.07 Å². The van der Waals surface area contributed by atoms with Crippen molar-refractivity contribution in [1.82, 2.24) is 0 Å². The summed E-state index contributed by atoms with van der Waals surface area (Å²) in [6, 6.07) is 5.92. The zero-order valence-electron chi connectivity index (χ0n) is 9.26. The average Bonchev–Trinajstić information content (AvgIpc) is 2.55. The Morgan fingerprint density at radius 2 is 1.88 bits per heavy atom. The maximum absolute atomic E-state index is 12.1. The third kappa shape index (κ3) is 1.34. The van der Waals surface area contributed by atoms with Crippen LogP contribution in [-0.2, 0) is 5.41 Å². The van der Waals surface area contributed by atoms with E-state index in [4.69, 9.17) is 11.6 Å². The lowest BCUT2D eigenvalue weighted by molar-refractivity contribution is 0.0962. The van der Waals surface area contributed by atoms with Crippen molar-refractivity contribution in [1.29, 1.82) is 0 Å². The first-order valence-corrected chi connectivity index (χ1v) is 6.43.